The summed E-state index contributed by atoms with van der Waals surface area (Å²) >= 11 is 0. The second-order valence-electron chi connectivity index (χ2n) is 12.1. The minimum atomic E-state index is 1.10. The molecule has 8 aromatic rings. The SMILES string of the molecule is c1ccc(-c2ccc(-c3ccccc3N(c3ccccc3)c3cccc(-c4ccccc4)c3-c3ccccc3-c3ccccc3)cc2)cc1. The minimum absolute atomic E-state index is 1.10. The lowest BCUT2D eigenvalue weighted by Crippen LogP contribution is -2.13. The van der Waals surface area contributed by atoms with Crippen molar-refractivity contribution in [3.05, 3.63) is 212 Å². The molecule has 0 aliphatic rings. The van der Waals surface area contributed by atoms with Gasteiger partial charge in [-0.2, -0.15) is 0 Å². The van der Waals surface area contributed by atoms with Crippen LogP contribution in [0.25, 0.3) is 55.6 Å². The summed E-state index contributed by atoms with van der Waals surface area (Å²) in [5, 5.41) is 0. The van der Waals surface area contributed by atoms with E-state index >= 15 is 0 Å². The number of nitrogens with zero attached hydrogens (tertiary/aromatic N) is 1. The van der Waals surface area contributed by atoms with E-state index in [1.807, 2.05) is 0 Å². The van der Waals surface area contributed by atoms with Gasteiger partial charge in [0.1, 0.15) is 0 Å². The van der Waals surface area contributed by atoms with Crippen LogP contribution in [-0.2, 0) is 0 Å². The number of hydrogen-bond acceptors (Lipinski definition) is 1. The van der Waals surface area contributed by atoms with Crippen LogP contribution in [0.2, 0.25) is 0 Å². The van der Waals surface area contributed by atoms with Crippen LogP contribution >= 0.6 is 0 Å². The zero-order valence-corrected chi connectivity index (χ0v) is 27.2. The normalized spacial score (nSPS) is 10.9. The van der Waals surface area contributed by atoms with Gasteiger partial charge in [-0.1, -0.05) is 188 Å². The van der Waals surface area contributed by atoms with Crippen molar-refractivity contribution in [1.29, 1.82) is 0 Å². The van der Waals surface area contributed by atoms with Crippen LogP contribution < -0.4 is 4.90 Å². The van der Waals surface area contributed by atoms with Crippen molar-refractivity contribution in [2.45, 2.75) is 0 Å². The first-order valence-corrected chi connectivity index (χ1v) is 16.8. The van der Waals surface area contributed by atoms with E-state index in [2.05, 4.69) is 217 Å². The Morgan fingerprint density at radius 3 is 1.24 bits per heavy atom. The minimum Gasteiger partial charge on any atom is -0.309 e. The summed E-state index contributed by atoms with van der Waals surface area (Å²) in [6.45, 7) is 0. The molecule has 49 heavy (non-hydrogen) atoms. The smallest absolute Gasteiger partial charge is 0.0546 e. The Balaban J connectivity index is 1.38. The largest absolute Gasteiger partial charge is 0.309 e. The Morgan fingerprint density at radius 2 is 0.612 bits per heavy atom. The average Bonchev–Trinajstić information content (AvgIpc) is 3.20. The lowest BCUT2D eigenvalue weighted by atomic mass is 9.87. The van der Waals surface area contributed by atoms with Gasteiger partial charge in [0.2, 0.25) is 0 Å². The molecule has 0 bridgehead atoms. The Morgan fingerprint density at radius 1 is 0.224 bits per heavy atom. The summed E-state index contributed by atoms with van der Waals surface area (Å²) in [7, 11) is 0. The number of para-hydroxylation sites is 2. The molecule has 0 aromatic heterocycles. The van der Waals surface area contributed by atoms with Gasteiger partial charge in [-0.25, -0.2) is 0 Å². The Bertz CT molecular complexity index is 2290. The van der Waals surface area contributed by atoms with Crippen molar-refractivity contribution in [3.8, 4) is 55.6 Å². The zero-order chi connectivity index (χ0) is 32.8. The van der Waals surface area contributed by atoms with Crippen molar-refractivity contribution in [3.63, 3.8) is 0 Å². The molecule has 0 amide bonds. The molecule has 0 unspecified atom stereocenters. The van der Waals surface area contributed by atoms with Crippen LogP contribution in [-0.4, -0.2) is 0 Å². The Hall–Kier alpha value is -6.44. The van der Waals surface area contributed by atoms with Gasteiger partial charge in [0, 0.05) is 16.8 Å². The molecular weight excluding hydrogens is 591 g/mol. The number of hydrogen-bond donors (Lipinski definition) is 0. The maximum absolute atomic E-state index is 2.43. The molecule has 0 N–H and O–H groups in total. The number of benzene rings is 8. The number of rotatable bonds is 8. The second kappa shape index (κ2) is 13.7. The Labute approximate surface area is 289 Å². The molecule has 0 aliphatic carbocycles. The molecule has 0 atom stereocenters. The van der Waals surface area contributed by atoms with Gasteiger partial charge in [0.05, 0.1) is 11.4 Å². The fraction of sp³-hybridized carbons (Fsp3) is 0. The third-order valence-electron chi connectivity index (χ3n) is 9.11. The third kappa shape index (κ3) is 6.06. The highest BCUT2D eigenvalue weighted by Crippen LogP contribution is 2.49. The van der Waals surface area contributed by atoms with Gasteiger partial charge in [-0.15, -0.1) is 0 Å². The van der Waals surface area contributed by atoms with Crippen LogP contribution in [0, 0.1) is 0 Å². The number of anilines is 3. The highest BCUT2D eigenvalue weighted by Gasteiger charge is 2.24. The molecule has 0 saturated carbocycles. The second-order valence-corrected chi connectivity index (χ2v) is 12.1. The summed E-state index contributed by atoms with van der Waals surface area (Å²) in [4.78, 5) is 2.43. The zero-order valence-electron chi connectivity index (χ0n) is 27.2. The van der Waals surface area contributed by atoms with Crippen LogP contribution in [0.3, 0.4) is 0 Å². The molecule has 0 spiro atoms. The summed E-state index contributed by atoms with van der Waals surface area (Å²) < 4.78 is 0. The van der Waals surface area contributed by atoms with E-state index in [0.717, 1.165) is 17.1 Å². The first-order valence-electron chi connectivity index (χ1n) is 16.8. The predicted octanol–water partition coefficient (Wildman–Crippen LogP) is 13.5. The summed E-state index contributed by atoms with van der Waals surface area (Å²) in [5.41, 5.74) is 15.2. The first kappa shape index (κ1) is 29.9. The molecule has 0 fully saturated rings. The molecule has 0 saturated heterocycles. The van der Waals surface area contributed by atoms with E-state index in [-0.39, 0.29) is 0 Å². The first-order chi connectivity index (χ1) is 24.3. The van der Waals surface area contributed by atoms with Gasteiger partial charge >= 0.3 is 0 Å². The quantitative estimate of drug-likeness (QED) is 0.162. The van der Waals surface area contributed by atoms with Gasteiger partial charge < -0.3 is 4.90 Å². The van der Waals surface area contributed by atoms with Crippen LogP contribution in [0.15, 0.2) is 212 Å². The average molecular weight is 626 g/mol. The lowest BCUT2D eigenvalue weighted by molar-refractivity contribution is 1.28. The van der Waals surface area contributed by atoms with Crippen molar-refractivity contribution in [2.24, 2.45) is 0 Å². The fourth-order valence-corrected chi connectivity index (χ4v) is 6.81. The molecule has 8 aromatic carbocycles. The van der Waals surface area contributed by atoms with Crippen molar-refractivity contribution < 1.29 is 0 Å². The van der Waals surface area contributed by atoms with Gasteiger partial charge in [-0.3, -0.25) is 0 Å². The van der Waals surface area contributed by atoms with Crippen molar-refractivity contribution >= 4 is 17.1 Å². The molecular formula is C48H35N. The van der Waals surface area contributed by atoms with E-state index in [1.165, 1.54) is 55.6 Å². The Kier molecular flexibility index (Phi) is 8.39. The van der Waals surface area contributed by atoms with Crippen molar-refractivity contribution in [1.82, 2.24) is 0 Å². The van der Waals surface area contributed by atoms with Crippen LogP contribution in [0.5, 0.6) is 0 Å². The monoisotopic (exact) mass is 625 g/mol. The van der Waals surface area contributed by atoms with Gasteiger partial charge in [-0.05, 0) is 68.8 Å². The molecule has 8 rings (SSSR count). The third-order valence-corrected chi connectivity index (χ3v) is 9.11. The topological polar surface area (TPSA) is 3.24 Å². The van der Waals surface area contributed by atoms with E-state index in [9.17, 15) is 0 Å². The summed E-state index contributed by atoms with van der Waals surface area (Å²) in [6.07, 6.45) is 0. The molecule has 1 heteroatoms. The van der Waals surface area contributed by atoms with E-state index in [0.29, 0.717) is 0 Å². The molecule has 0 heterocycles. The fourth-order valence-electron chi connectivity index (χ4n) is 6.81. The van der Waals surface area contributed by atoms with E-state index in [1.54, 1.807) is 0 Å². The van der Waals surface area contributed by atoms with Crippen molar-refractivity contribution in [2.75, 3.05) is 4.90 Å². The predicted molar refractivity (Wildman–Crippen MR) is 208 cm³/mol. The van der Waals surface area contributed by atoms with E-state index in [4.69, 9.17) is 0 Å². The highest BCUT2D eigenvalue weighted by molar-refractivity contribution is 6.02. The molecule has 0 radical (unpaired) electrons. The van der Waals surface area contributed by atoms with E-state index < -0.39 is 0 Å². The summed E-state index contributed by atoms with van der Waals surface area (Å²) in [5.74, 6) is 0. The highest BCUT2D eigenvalue weighted by atomic mass is 15.1. The standard InChI is InChI=1S/C48H35N/c1-5-18-36(19-6-1)37-32-34-40(35-33-37)43-27-15-16-30-46(43)49(41-24-11-4-12-25-41)47-31-17-29-44(39-22-9-3-10-23-39)48(47)45-28-14-13-26-42(45)38-20-7-2-8-21-38/h1-35H. The van der Waals surface area contributed by atoms with Crippen LogP contribution in [0.4, 0.5) is 17.1 Å². The lowest BCUT2D eigenvalue weighted by Gasteiger charge is -2.31. The van der Waals surface area contributed by atoms with Gasteiger partial charge in [0.25, 0.3) is 0 Å². The van der Waals surface area contributed by atoms with Gasteiger partial charge in [0.15, 0.2) is 0 Å². The molecule has 1 nitrogen and oxygen atoms in total. The summed E-state index contributed by atoms with van der Waals surface area (Å²) in [6, 6.07) is 76.0. The molecule has 232 valence electrons. The molecule has 0 aliphatic heterocycles. The maximum Gasteiger partial charge on any atom is 0.0546 e. The van der Waals surface area contributed by atoms with Crippen LogP contribution in [0.1, 0.15) is 0 Å². The maximum atomic E-state index is 2.43.